The Balaban J connectivity index is 2.09. The summed E-state index contributed by atoms with van der Waals surface area (Å²) in [5.41, 5.74) is 1.68. The van der Waals surface area contributed by atoms with E-state index < -0.39 is 0 Å². The van der Waals surface area contributed by atoms with Crippen LogP contribution in [0.4, 0.5) is 0 Å². The van der Waals surface area contributed by atoms with Crippen molar-refractivity contribution in [3.63, 3.8) is 0 Å². The van der Waals surface area contributed by atoms with Gasteiger partial charge < -0.3 is 10.6 Å². The molecule has 0 radical (unpaired) electrons. The van der Waals surface area contributed by atoms with Crippen LogP contribution >= 0.6 is 23.1 Å². The van der Waals surface area contributed by atoms with Gasteiger partial charge in [-0.3, -0.25) is 9.59 Å². The molecule has 2 N–H and O–H groups in total. The number of benzene rings is 1. The predicted octanol–water partition coefficient (Wildman–Crippen LogP) is 4.48. The standard InChI is InChI=1S/C21H26N2O2S2/c1-15-8-5-6-10-17(15)19(24)23-18(14-16-9-7-12-26-16)20(25)22-11-13-27-21(2,3)4/h5-10,12,14H,11,13H2,1-4H3,(H,22,25)(H,23,24)/b18-14-. The van der Waals surface area contributed by atoms with E-state index in [0.717, 1.165) is 16.2 Å². The third-order valence-corrected chi connectivity index (χ3v) is 5.73. The highest BCUT2D eigenvalue weighted by atomic mass is 32.2. The third kappa shape index (κ3) is 7.23. The molecule has 0 aliphatic rings. The minimum Gasteiger partial charge on any atom is -0.350 e. The van der Waals surface area contributed by atoms with Gasteiger partial charge in [0.2, 0.25) is 0 Å². The lowest BCUT2D eigenvalue weighted by molar-refractivity contribution is -0.117. The number of carbonyl (C=O) groups is 2. The highest BCUT2D eigenvalue weighted by molar-refractivity contribution is 8.00. The molecule has 0 saturated carbocycles. The minimum absolute atomic E-state index is 0.152. The van der Waals surface area contributed by atoms with Crippen molar-refractivity contribution in [2.75, 3.05) is 12.3 Å². The first-order valence-corrected chi connectivity index (χ1v) is 10.7. The molecule has 6 heteroatoms. The van der Waals surface area contributed by atoms with Crippen LogP contribution in [0, 0.1) is 6.92 Å². The van der Waals surface area contributed by atoms with Gasteiger partial charge in [-0.2, -0.15) is 11.8 Å². The molecule has 27 heavy (non-hydrogen) atoms. The number of carbonyl (C=O) groups excluding carboxylic acids is 2. The molecule has 0 atom stereocenters. The first-order valence-electron chi connectivity index (χ1n) is 8.80. The van der Waals surface area contributed by atoms with Gasteiger partial charge in [-0.1, -0.05) is 45.0 Å². The van der Waals surface area contributed by atoms with Gasteiger partial charge in [-0.25, -0.2) is 0 Å². The van der Waals surface area contributed by atoms with Crippen molar-refractivity contribution in [1.29, 1.82) is 0 Å². The van der Waals surface area contributed by atoms with Gasteiger partial charge >= 0.3 is 0 Å². The second-order valence-corrected chi connectivity index (χ2v) is 9.96. The van der Waals surface area contributed by atoms with Crippen LogP contribution in [0.15, 0.2) is 47.5 Å². The molecule has 2 amide bonds. The van der Waals surface area contributed by atoms with Crippen molar-refractivity contribution in [1.82, 2.24) is 10.6 Å². The van der Waals surface area contributed by atoms with Gasteiger partial charge in [0.1, 0.15) is 5.70 Å². The Morgan fingerprint density at radius 1 is 1.15 bits per heavy atom. The zero-order valence-electron chi connectivity index (χ0n) is 16.2. The fourth-order valence-corrected chi connectivity index (χ4v) is 3.78. The van der Waals surface area contributed by atoms with Crippen molar-refractivity contribution < 1.29 is 9.59 Å². The summed E-state index contributed by atoms with van der Waals surface area (Å²) in [7, 11) is 0. The highest BCUT2D eigenvalue weighted by Crippen LogP contribution is 2.22. The first kappa shape index (κ1) is 21.3. The van der Waals surface area contributed by atoms with Gasteiger partial charge in [0, 0.05) is 27.5 Å². The maximum absolute atomic E-state index is 12.6. The molecule has 0 fully saturated rings. The normalized spacial score (nSPS) is 11.9. The molecule has 2 rings (SSSR count). The van der Waals surface area contributed by atoms with E-state index in [1.807, 2.05) is 42.6 Å². The van der Waals surface area contributed by atoms with Crippen LogP contribution in [-0.2, 0) is 4.79 Å². The maximum Gasteiger partial charge on any atom is 0.267 e. The lowest BCUT2D eigenvalue weighted by Gasteiger charge is -2.18. The molecule has 0 unspecified atom stereocenters. The summed E-state index contributed by atoms with van der Waals surface area (Å²) in [4.78, 5) is 26.2. The summed E-state index contributed by atoms with van der Waals surface area (Å²) in [6, 6.07) is 11.2. The Bertz CT molecular complexity index is 806. The van der Waals surface area contributed by atoms with Crippen LogP contribution in [0.3, 0.4) is 0 Å². The molecule has 144 valence electrons. The van der Waals surface area contributed by atoms with E-state index in [-0.39, 0.29) is 22.3 Å². The first-order chi connectivity index (χ1) is 12.8. The molecule has 0 saturated heterocycles. The number of nitrogens with one attached hydrogen (secondary N) is 2. The molecular weight excluding hydrogens is 376 g/mol. The van der Waals surface area contributed by atoms with Crippen molar-refractivity contribution in [2.45, 2.75) is 32.4 Å². The number of rotatable bonds is 7. The van der Waals surface area contributed by atoms with Gasteiger partial charge in [0.25, 0.3) is 11.8 Å². The quantitative estimate of drug-likeness (QED) is 0.530. The van der Waals surface area contributed by atoms with E-state index in [9.17, 15) is 9.59 Å². The summed E-state index contributed by atoms with van der Waals surface area (Å²) in [6.07, 6.45) is 1.72. The number of aryl methyl sites for hydroxylation is 1. The molecule has 0 aliphatic carbocycles. The molecule has 0 spiro atoms. The fourth-order valence-electron chi connectivity index (χ4n) is 2.31. The maximum atomic E-state index is 12.6. The Morgan fingerprint density at radius 2 is 1.89 bits per heavy atom. The van der Waals surface area contributed by atoms with Crippen molar-refractivity contribution in [3.8, 4) is 0 Å². The summed E-state index contributed by atoms with van der Waals surface area (Å²) in [5.74, 6) is 0.253. The van der Waals surface area contributed by atoms with Crippen LogP contribution in [0.1, 0.15) is 41.6 Å². The van der Waals surface area contributed by atoms with Crippen molar-refractivity contribution in [3.05, 3.63) is 63.5 Å². The predicted molar refractivity (Wildman–Crippen MR) is 116 cm³/mol. The smallest absolute Gasteiger partial charge is 0.267 e. The Morgan fingerprint density at radius 3 is 2.52 bits per heavy atom. The zero-order chi connectivity index (χ0) is 19.9. The molecule has 0 bridgehead atoms. The van der Waals surface area contributed by atoms with E-state index in [0.29, 0.717) is 12.1 Å². The number of hydrogen-bond donors (Lipinski definition) is 2. The van der Waals surface area contributed by atoms with E-state index in [1.54, 1.807) is 23.9 Å². The topological polar surface area (TPSA) is 58.2 Å². The zero-order valence-corrected chi connectivity index (χ0v) is 17.8. The van der Waals surface area contributed by atoms with E-state index in [2.05, 4.69) is 31.4 Å². The van der Waals surface area contributed by atoms with Crippen LogP contribution in [0.5, 0.6) is 0 Å². The van der Waals surface area contributed by atoms with Crippen molar-refractivity contribution in [2.24, 2.45) is 0 Å². The van der Waals surface area contributed by atoms with Crippen molar-refractivity contribution >= 4 is 41.0 Å². The average Bonchev–Trinajstić information content (AvgIpc) is 3.10. The SMILES string of the molecule is Cc1ccccc1C(=O)N/C(=C\c1cccs1)C(=O)NCCSC(C)(C)C. The lowest BCUT2D eigenvalue weighted by atomic mass is 10.1. The third-order valence-electron chi connectivity index (χ3n) is 3.63. The van der Waals surface area contributed by atoms with Gasteiger partial charge in [-0.15, -0.1) is 11.3 Å². The molecule has 2 aromatic rings. The van der Waals surface area contributed by atoms with Gasteiger partial charge in [-0.05, 0) is 36.1 Å². The monoisotopic (exact) mass is 402 g/mol. The fraction of sp³-hybridized carbons (Fsp3) is 0.333. The second kappa shape index (κ2) is 9.76. The summed E-state index contributed by atoms with van der Waals surface area (Å²) >= 11 is 3.30. The molecule has 1 heterocycles. The Hall–Kier alpha value is -2.05. The second-order valence-electron chi connectivity index (χ2n) is 7.06. The Kier molecular flexibility index (Phi) is 7.68. The summed E-state index contributed by atoms with van der Waals surface area (Å²) in [6.45, 7) is 8.85. The van der Waals surface area contributed by atoms with Gasteiger partial charge in [0.05, 0.1) is 0 Å². The lowest BCUT2D eigenvalue weighted by Crippen LogP contribution is -2.36. The Labute approximate surface area is 169 Å². The molecule has 1 aromatic heterocycles. The van der Waals surface area contributed by atoms with Crippen LogP contribution in [0.2, 0.25) is 0 Å². The largest absolute Gasteiger partial charge is 0.350 e. The van der Waals surface area contributed by atoms with Crippen LogP contribution in [0.25, 0.3) is 6.08 Å². The average molecular weight is 403 g/mol. The summed E-state index contributed by atoms with van der Waals surface area (Å²) in [5, 5.41) is 7.62. The van der Waals surface area contributed by atoms with Crippen LogP contribution in [-0.4, -0.2) is 28.9 Å². The van der Waals surface area contributed by atoms with Crippen LogP contribution < -0.4 is 10.6 Å². The van der Waals surface area contributed by atoms with Gasteiger partial charge in [0.15, 0.2) is 0 Å². The number of thiophene rings is 1. The molecule has 1 aromatic carbocycles. The highest BCUT2D eigenvalue weighted by Gasteiger charge is 2.16. The molecular formula is C21H26N2O2S2. The molecule has 0 aliphatic heterocycles. The minimum atomic E-state index is -0.282. The van der Waals surface area contributed by atoms with E-state index >= 15 is 0 Å². The van der Waals surface area contributed by atoms with E-state index in [1.165, 1.54) is 11.3 Å². The van der Waals surface area contributed by atoms with E-state index in [4.69, 9.17) is 0 Å². The number of amides is 2. The summed E-state index contributed by atoms with van der Waals surface area (Å²) < 4.78 is 0.152. The number of thioether (sulfide) groups is 1. The molecule has 4 nitrogen and oxygen atoms in total. The number of hydrogen-bond acceptors (Lipinski definition) is 4.